The van der Waals surface area contributed by atoms with Gasteiger partial charge in [0.1, 0.15) is 5.75 Å². The van der Waals surface area contributed by atoms with Crippen molar-refractivity contribution < 1.29 is 9.84 Å². The second-order valence-electron chi connectivity index (χ2n) is 7.57. The fourth-order valence-corrected chi connectivity index (χ4v) is 2.78. The molecule has 0 saturated carbocycles. The van der Waals surface area contributed by atoms with Crippen molar-refractivity contribution in [2.24, 2.45) is 0 Å². The van der Waals surface area contributed by atoms with Gasteiger partial charge in [-0.25, -0.2) is 0 Å². The Hall–Kier alpha value is -1.02. The minimum Gasteiger partial charge on any atom is -0.493 e. The van der Waals surface area contributed by atoms with Gasteiger partial charge in [0.15, 0.2) is 0 Å². The molecule has 0 aromatic heterocycles. The topological polar surface area (TPSA) is 29.5 Å². The van der Waals surface area contributed by atoms with E-state index in [1.807, 2.05) is 0 Å². The number of benzene rings is 1. The van der Waals surface area contributed by atoms with E-state index in [4.69, 9.17) is 4.74 Å². The maximum absolute atomic E-state index is 10.4. The van der Waals surface area contributed by atoms with Crippen LogP contribution < -0.4 is 4.74 Å². The molecule has 0 saturated heterocycles. The number of hydrogen-bond donors (Lipinski definition) is 1. The van der Waals surface area contributed by atoms with Crippen LogP contribution in [0.5, 0.6) is 5.75 Å². The Labute approximate surface area is 129 Å². The zero-order valence-electron chi connectivity index (χ0n) is 14.4. The molecule has 0 aliphatic carbocycles. The molecule has 2 heteroatoms. The Morgan fingerprint density at radius 2 is 1.71 bits per heavy atom. The molecular formula is C19H30O2. The Morgan fingerprint density at radius 1 is 1.10 bits per heavy atom. The van der Waals surface area contributed by atoms with Crippen LogP contribution in [0.3, 0.4) is 0 Å². The third-order valence-corrected chi connectivity index (χ3v) is 5.39. The molecule has 0 bridgehead atoms. The van der Waals surface area contributed by atoms with Crippen LogP contribution in [-0.4, -0.2) is 11.7 Å². The number of aliphatic hydroxyl groups excluding tert-OH is 1. The fraction of sp³-hybridized carbons (Fsp3) is 0.684. The Morgan fingerprint density at radius 3 is 2.29 bits per heavy atom. The minimum atomic E-state index is -0.396. The highest BCUT2D eigenvalue weighted by molar-refractivity contribution is 5.51. The van der Waals surface area contributed by atoms with Gasteiger partial charge in [0.25, 0.3) is 0 Å². The quantitative estimate of drug-likeness (QED) is 0.856. The summed E-state index contributed by atoms with van der Waals surface area (Å²) in [4.78, 5) is 0. The highest BCUT2D eigenvalue weighted by atomic mass is 16.5. The van der Waals surface area contributed by atoms with Gasteiger partial charge < -0.3 is 9.84 Å². The molecule has 21 heavy (non-hydrogen) atoms. The highest BCUT2D eigenvalue weighted by Gasteiger charge is 2.32. The lowest BCUT2D eigenvalue weighted by atomic mass is 9.74. The maximum Gasteiger partial charge on any atom is 0.128 e. The van der Waals surface area contributed by atoms with E-state index in [2.05, 4.69) is 53.7 Å². The van der Waals surface area contributed by atoms with Crippen LogP contribution in [0.15, 0.2) is 12.1 Å². The monoisotopic (exact) mass is 290 g/mol. The van der Waals surface area contributed by atoms with E-state index in [0.717, 1.165) is 24.2 Å². The summed E-state index contributed by atoms with van der Waals surface area (Å²) in [5.41, 5.74) is 3.71. The van der Waals surface area contributed by atoms with E-state index in [0.29, 0.717) is 13.0 Å². The molecule has 2 nitrogen and oxygen atoms in total. The molecule has 0 radical (unpaired) electrons. The maximum atomic E-state index is 10.4. The average Bonchev–Trinajstić information content (AvgIpc) is 2.46. The first-order valence-electron chi connectivity index (χ1n) is 8.22. The molecule has 1 atom stereocenters. The third-order valence-electron chi connectivity index (χ3n) is 5.39. The minimum absolute atomic E-state index is 0.0565. The van der Waals surface area contributed by atoms with Crippen LogP contribution in [-0.2, 0) is 10.8 Å². The lowest BCUT2D eigenvalue weighted by molar-refractivity contribution is 0.113. The van der Waals surface area contributed by atoms with Crippen molar-refractivity contribution in [1.82, 2.24) is 0 Å². The zero-order chi connectivity index (χ0) is 15.8. The molecular weight excluding hydrogens is 260 g/mol. The molecule has 118 valence electrons. The van der Waals surface area contributed by atoms with E-state index < -0.39 is 6.10 Å². The van der Waals surface area contributed by atoms with Gasteiger partial charge in [0.05, 0.1) is 12.7 Å². The summed E-state index contributed by atoms with van der Waals surface area (Å²) in [6, 6.07) is 4.47. The normalized spacial score (nSPS) is 19.1. The SMILES string of the molecule is CCC(C)(C)c1cc2c(c(C(C)(C)CC)c1)OCCC2O. The van der Waals surface area contributed by atoms with Crippen molar-refractivity contribution in [1.29, 1.82) is 0 Å². The van der Waals surface area contributed by atoms with Crippen LogP contribution in [0.2, 0.25) is 0 Å². The Kier molecular flexibility index (Phi) is 4.39. The molecule has 0 spiro atoms. The van der Waals surface area contributed by atoms with Crippen LogP contribution in [0, 0.1) is 0 Å². The summed E-state index contributed by atoms with van der Waals surface area (Å²) >= 11 is 0. The molecule has 1 unspecified atom stereocenters. The van der Waals surface area contributed by atoms with Crippen LogP contribution in [0.4, 0.5) is 0 Å². The van der Waals surface area contributed by atoms with Gasteiger partial charge in [-0.1, -0.05) is 47.6 Å². The predicted octanol–water partition coefficient (Wildman–Crippen LogP) is 4.88. The van der Waals surface area contributed by atoms with E-state index in [1.54, 1.807) is 0 Å². The van der Waals surface area contributed by atoms with E-state index in [9.17, 15) is 5.11 Å². The van der Waals surface area contributed by atoms with E-state index in [-0.39, 0.29) is 10.8 Å². The smallest absolute Gasteiger partial charge is 0.128 e. The average molecular weight is 290 g/mol. The number of hydrogen-bond acceptors (Lipinski definition) is 2. The van der Waals surface area contributed by atoms with Crippen molar-refractivity contribution in [3.63, 3.8) is 0 Å². The summed E-state index contributed by atoms with van der Waals surface area (Å²) in [5.74, 6) is 0.927. The molecule has 2 rings (SSSR count). The van der Waals surface area contributed by atoms with Gasteiger partial charge in [0, 0.05) is 17.5 Å². The van der Waals surface area contributed by atoms with Gasteiger partial charge in [-0.3, -0.25) is 0 Å². The van der Waals surface area contributed by atoms with Gasteiger partial charge >= 0.3 is 0 Å². The fourth-order valence-electron chi connectivity index (χ4n) is 2.78. The van der Waals surface area contributed by atoms with Gasteiger partial charge in [-0.05, 0) is 35.3 Å². The molecule has 1 aromatic carbocycles. The van der Waals surface area contributed by atoms with Gasteiger partial charge in [-0.2, -0.15) is 0 Å². The molecule has 1 aliphatic heterocycles. The molecule has 1 aromatic rings. The summed E-state index contributed by atoms with van der Waals surface area (Å²) in [6.45, 7) is 14.1. The second-order valence-corrected chi connectivity index (χ2v) is 7.57. The molecule has 1 heterocycles. The number of rotatable bonds is 4. The van der Waals surface area contributed by atoms with Crippen molar-refractivity contribution in [3.05, 3.63) is 28.8 Å². The summed E-state index contributed by atoms with van der Waals surface area (Å²) in [7, 11) is 0. The number of ether oxygens (including phenoxy) is 1. The van der Waals surface area contributed by atoms with Crippen molar-refractivity contribution in [2.45, 2.75) is 77.7 Å². The summed E-state index contributed by atoms with van der Waals surface area (Å²) in [5, 5.41) is 10.4. The first-order valence-corrected chi connectivity index (χ1v) is 8.22. The standard InChI is InChI=1S/C19H30O2/c1-7-18(3,4)13-11-14-16(20)9-10-21-17(14)15(12-13)19(5,6)8-2/h11-12,16,20H,7-10H2,1-6H3. The molecule has 0 fully saturated rings. The van der Waals surface area contributed by atoms with Crippen molar-refractivity contribution >= 4 is 0 Å². The predicted molar refractivity (Wildman–Crippen MR) is 88.1 cm³/mol. The zero-order valence-corrected chi connectivity index (χ0v) is 14.4. The lowest BCUT2D eigenvalue weighted by Crippen LogP contribution is -2.25. The second kappa shape index (κ2) is 5.64. The van der Waals surface area contributed by atoms with Crippen LogP contribution >= 0.6 is 0 Å². The molecule has 0 amide bonds. The van der Waals surface area contributed by atoms with Gasteiger partial charge in [0.2, 0.25) is 0 Å². The highest BCUT2D eigenvalue weighted by Crippen LogP contribution is 2.44. The third kappa shape index (κ3) is 2.96. The first-order chi connectivity index (χ1) is 9.73. The van der Waals surface area contributed by atoms with Gasteiger partial charge in [-0.15, -0.1) is 0 Å². The Balaban J connectivity index is 2.68. The van der Waals surface area contributed by atoms with Crippen molar-refractivity contribution in [3.8, 4) is 5.75 Å². The van der Waals surface area contributed by atoms with E-state index in [1.165, 1.54) is 11.1 Å². The Bertz CT molecular complexity index is 515. The number of aliphatic hydroxyl groups is 1. The molecule has 1 aliphatic rings. The lowest BCUT2D eigenvalue weighted by Gasteiger charge is -2.34. The van der Waals surface area contributed by atoms with E-state index >= 15 is 0 Å². The summed E-state index contributed by atoms with van der Waals surface area (Å²) in [6.07, 6.45) is 2.42. The largest absolute Gasteiger partial charge is 0.493 e. The summed E-state index contributed by atoms with van der Waals surface area (Å²) < 4.78 is 5.95. The molecule has 1 N–H and O–H groups in total. The van der Waals surface area contributed by atoms with Crippen molar-refractivity contribution in [2.75, 3.05) is 6.61 Å². The number of fused-ring (bicyclic) bond motifs is 1. The van der Waals surface area contributed by atoms with Crippen LogP contribution in [0.1, 0.15) is 83.6 Å². The first kappa shape index (κ1) is 16.4. The van der Waals surface area contributed by atoms with Crippen LogP contribution in [0.25, 0.3) is 0 Å².